The molecule has 3 rings (SSSR count). The van der Waals surface area contributed by atoms with Gasteiger partial charge in [0.2, 0.25) is 5.16 Å². The zero-order valence-electron chi connectivity index (χ0n) is 15.2. The quantitative estimate of drug-likeness (QED) is 0.417. The lowest BCUT2D eigenvalue weighted by Crippen LogP contribution is -2.23. The lowest BCUT2D eigenvalue weighted by Gasteiger charge is -2.07. The van der Waals surface area contributed by atoms with Gasteiger partial charge in [0.05, 0.1) is 12.2 Å². The molecule has 1 aromatic heterocycles. The van der Waals surface area contributed by atoms with Crippen molar-refractivity contribution in [2.45, 2.75) is 30.7 Å². The number of hydrogen-bond donors (Lipinski definition) is 0. The number of carbonyl (C=O) groups is 1. The van der Waals surface area contributed by atoms with E-state index in [0.717, 1.165) is 17.8 Å². The number of aromatic nitrogens is 3. The van der Waals surface area contributed by atoms with Crippen LogP contribution in [0.3, 0.4) is 0 Å². The maximum Gasteiger partial charge on any atom is 0.212 e. The Labute approximate surface area is 172 Å². The Morgan fingerprint density at radius 3 is 2.68 bits per heavy atom. The third-order valence-corrected chi connectivity index (χ3v) is 5.17. The molecule has 0 N–H and O–H groups in total. The predicted octanol–water partition coefficient (Wildman–Crippen LogP) is 3.42. The number of carboxylic acids is 1. The Balaban J connectivity index is 1.85. The van der Waals surface area contributed by atoms with Gasteiger partial charge in [0.1, 0.15) is 0 Å². The molecule has 0 aliphatic heterocycles. The molecule has 144 valence electrons. The van der Waals surface area contributed by atoms with Crippen molar-refractivity contribution in [2.75, 3.05) is 0 Å². The highest BCUT2D eigenvalue weighted by molar-refractivity contribution is 7.98. The Hall–Kier alpha value is -2.64. The number of benzene rings is 2. The summed E-state index contributed by atoms with van der Waals surface area (Å²) in [6, 6.07) is 14.2. The molecule has 0 spiro atoms. The molecular weight excluding hydrogens is 396 g/mol. The van der Waals surface area contributed by atoms with E-state index in [1.165, 1.54) is 24.0 Å². The summed E-state index contributed by atoms with van der Waals surface area (Å²) in [4.78, 5) is 11.3. The highest BCUT2D eigenvalue weighted by atomic mass is 35.5. The summed E-state index contributed by atoms with van der Waals surface area (Å²) in [5, 5.41) is 25.6. The van der Waals surface area contributed by atoms with Crippen molar-refractivity contribution in [1.82, 2.24) is 14.9 Å². The first kappa shape index (κ1) is 20.1. The molecule has 8 heteroatoms. The van der Waals surface area contributed by atoms with E-state index in [1.54, 1.807) is 22.9 Å². The fourth-order valence-corrected chi connectivity index (χ4v) is 3.51. The van der Waals surface area contributed by atoms with Gasteiger partial charge in [0.15, 0.2) is 5.82 Å². The topological polar surface area (TPSA) is 83.2 Å². The highest BCUT2D eigenvalue weighted by Crippen LogP contribution is 2.23. The molecule has 0 bridgehead atoms. The summed E-state index contributed by atoms with van der Waals surface area (Å²) in [5.41, 5.74) is 1.66. The van der Waals surface area contributed by atoms with E-state index in [1.807, 2.05) is 24.3 Å². The molecule has 3 aromatic rings. The van der Waals surface area contributed by atoms with Crippen molar-refractivity contribution in [3.05, 3.63) is 76.1 Å². The van der Waals surface area contributed by atoms with E-state index in [9.17, 15) is 9.90 Å². The van der Waals surface area contributed by atoms with Gasteiger partial charge in [-0.2, -0.15) is 9.78 Å². The van der Waals surface area contributed by atoms with E-state index in [2.05, 4.69) is 22.2 Å². The van der Waals surface area contributed by atoms with Gasteiger partial charge in [-0.1, -0.05) is 66.7 Å². The number of carbonyl (C=O) groups excluding carboxylic acids is 1. The summed E-state index contributed by atoms with van der Waals surface area (Å²) in [6.07, 6.45) is 3.11. The van der Waals surface area contributed by atoms with E-state index in [4.69, 9.17) is 11.6 Å². The first-order chi connectivity index (χ1) is 13.6. The Bertz CT molecular complexity index is 986. The predicted molar refractivity (Wildman–Crippen MR) is 109 cm³/mol. The number of thioether (sulfide) groups is 1. The Kier molecular flexibility index (Phi) is 6.84. The molecule has 0 amide bonds. The molecule has 0 saturated heterocycles. The average Bonchev–Trinajstić information content (AvgIpc) is 3.08. The second kappa shape index (κ2) is 9.52. The third-order valence-electron chi connectivity index (χ3n) is 3.92. The standard InChI is InChI=1S/C20H19ClN4O2S/c1-2-5-18-23-24-20(28-13-14-8-10-16(21)11-9-14)25(18)22-12-15-6-3-4-7-17(15)19(26)27/h3-4,6-12H,2,5,13H2,1H3,(H,26,27)/p-1/b22-12-. The van der Waals surface area contributed by atoms with Gasteiger partial charge >= 0.3 is 0 Å². The van der Waals surface area contributed by atoms with E-state index in [0.29, 0.717) is 27.9 Å². The highest BCUT2D eigenvalue weighted by Gasteiger charge is 2.12. The van der Waals surface area contributed by atoms with Crippen LogP contribution in [0.5, 0.6) is 0 Å². The zero-order valence-corrected chi connectivity index (χ0v) is 16.8. The molecule has 0 aliphatic carbocycles. The van der Waals surface area contributed by atoms with E-state index in [-0.39, 0.29) is 5.56 Å². The van der Waals surface area contributed by atoms with Crippen LogP contribution in [0.1, 0.15) is 40.7 Å². The van der Waals surface area contributed by atoms with Gasteiger partial charge in [-0.25, -0.2) is 0 Å². The first-order valence-corrected chi connectivity index (χ1v) is 10.1. The second-order valence-corrected chi connectivity index (χ2v) is 7.37. The van der Waals surface area contributed by atoms with Gasteiger partial charge in [-0.15, -0.1) is 10.2 Å². The lowest BCUT2D eigenvalue weighted by molar-refractivity contribution is -0.255. The molecule has 0 aliphatic rings. The van der Waals surface area contributed by atoms with Gasteiger partial charge in [0, 0.05) is 28.3 Å². The van der Waals surface area contributed by atoms with Crippen LogP contribution in [0, 0.1) is 0 Å². The number of aromatic carboxylic acids is 1. The van der Waals surface area contributed by atoms with Crippen molar-refractivity contribution < 1.29 is 9.90 Å². The molecule has 28 heavy (non-hydrogen) atoms. The molecular formula is C20H18ClN4O2S-. The number of nitrogens with zero attached hydrogens (tertiary/aromatic N) is 4. The number of aryl methyl sites for hydroxylation is 1. The lowest BCUT2D eigenvalue weighted by atomic mass is 10.1. The minimum absolute atomic E-state index is 0.0896. The van der Waals surface area contributed by atoms with Gasteiger partial charge in [-0.05, 0) is 24.1 Å². The summed E-state index contributed by atoms with van der Waals surface area (Å²) in [7, 11) is 0. The normalized spacial score (nSPS) is 11.2. The van der Waals surface area contributed by atoms with Crippen LogP contribution in [-0.2, 0) is 12.2 Å². The van der Waals surface area contributed by atoms with Crippen LogP contribution >= 0.6 is 23.4 Å². The molecule has 0 saturated carbocycles. The Morgan fingerprint density at radius 1 is 1.21 bits per heavy atom. The molecule has 1 heterocycles. The monoisotopic (exact) mass is 413 g/mol. The summed E-state index contributed by atoms with van der Waals surface area (Å²) >= 11 is 7.43. The van der Waals surface area contributed by atoms with E-state index < -0.39 is 5.97 Å². The molecule has 2 aromatic carbocycles. The molecule has 0 atom stereocenters. The van der Waals surface area contributed by atoms with Crippen LogP contribution in [-0.4, -0.2) is 27.1 Å². The summed E-state index contributed by atoms with van der Waals surface area (Å²) in [6.45, 7) is 2.05. The van der Waals surface area contributed by atoms with Crippen LogP contribution in [0.4, 0.5) is 0 Å². The van der Waals surface area contributed by atoms with Crippen molar-refractivity contribution in [2.24, 2.45) is 5.10 Å². The minimum Gasteiger partial charge on any atom is -0.545 e. The van der Waals surface area contributed by atoms with Crippen molar-refractivity contribution >= 4 is 35.5 Å². The fourth-order valence-electron chi connectivity index (χ4n) is 2.53. The number of carboxylic acid groups (broad SMARTS) is 1. The van der Waals surface area contributed by atoms with Gasteiger partial charge in [-0.3, -0.25) is 0 Å². The molecule has 6 nitrogen and oxygen atoms in total. The van der Waals surface area contributed by atoms with E-state index >= 15 is 0 Å². The SMILES string of the molecule is CCCc1nnc(SCc2ccc(Cl)cc2)n1/N=C\c1ccccc1C(=O)[O-]. The zero-order chi connectivity index (χ0) is 19.9. The van der Waals surface area contributed by atoms with Crippen molar-refractivity contribution in [3.8, 4) is 0 Å². The first-order valence-electron chi connectivity index (χ1n) is 8.74. The van der Waals surface area contributed by atoms with Crippen LogP contribution in [0.15, 0.2) is 58.8 Å². The maximum atomic E-state index is 11.3. The number of halogens is 1. The summed E-state index contributed by atoms with van der Waals surface area (Å²) in [5.74, 6) is 0.173. The van der Waals surface area contributed by atoms with Crippen LogP contribution in [0.2, 0.25) is 5.02 Å². The fraction of sp³-hybridized carbons (Fsp3) is 0.200. The van der Waals surface area contributed by atoms with Crippen molar-refractivity contribution in [1.29, 1.82) is 0 Å². The molecule has 0 fully saturated rings. The van der Waals surface area contributed by atoms with Crippen molar-refractivity contribution in [3.63, 3.8) is 0 Å². The molecule has 0 unspecified atom stereocenters. The van der Waals surface area contributed by atoms with Gasteiger partial charge in [0.25, 0.3) is 0 Å². The van der Waals surface area contributed by atoms with Gasteiger partial charge < -0.3 is 9.90 Å². The average molecular weight is 414 g/mol. The maximum absolute atomic E-state index is 11.3. The number of rotatable bonds is 8. The smallest absolute Gasteiger partial charge is 0.212 e. The molecule has 0 radical (unpaired) electrons. The largest absolute Gasteiger partial charge is 0.545 e. The van der Waals surface area contributed by atoms with Crippen LogP contribution in [0.25, 0.3) is 0 Å². The number of hydrogen-bond acceptors (Lipinski definition) is 6. The summed E-state index contributed by atoms with van der Waals surface area (Å²) < 4.78 is 1.66. The Morgan fingerprint density at radius 2 is 1.96 bits per heavy atom. The third kappa shape index (κ3) is 4.99. The minimum atomic E-state index is -1.24. The van der Waals surface area contributed by atoms with Crippen LogP contribution < -0.4 is 5.11 Å². The second-order valence-electron chi connectivity index (χ2n) is 6.00.